The largest absolute Gasteiger partial charge is 0.490 e. The summed E-state index contributed by atoms with van der Waals surface area (Å²) in [6.07, 6.45) is -5.08. The Bertz CT molecular complexity index is 1680. The highest BCUT2D eigenvalue weighted by Crippen LogP contribution is 2.43. The molecule has 3 aromatic heterocycles. The minimum atomic E-state index is -5.08. The number of nitrogens with one attached hydrogen (secondary N) is 2. The van der Waals surface area contributed by atoms with Crippen molar-refractivity contribution in [3.63, 3.8) is 0 Å². The van der Waals surface area contributed by atoms with Crippen LogP contribution in [-0.2, 0) is 16.2 Å². The van der Waals surface area contributed by atoms with E-state index in [0.717, 1.165) is 22.5 Å². The predicted molar refractivity (Wildman–Crippen MR) is 137 cm³/mol. The Balaban J connectivity index is 0.000000317. The first kappa shape index (κ1) is 32.5. The summed E-state index contributed by atoms with van der Waals surface area (Å²) in [4.78, 5) is 34.5. The fourth-order valence-electron chi connectivity index (χ4n) is 3.64. The third-order valence-electron chi connectivity index (χ3n) is 5.45. The molecular formula is C26H15F6N7O5. The monoisotopic (exact) mass is 619 g/mol. The number of hydrogen-bond acceptors (Lipinski definition) is 9. The maximum absolute atomic E-state index is 10.6. The minimum absolute atomic E-state index is 0.261. The lowest BCUT2D eigenvalue weighted by atomic mass is 9.98. The molecule has 18 heteroatoms. The number of halogens is 6. The van der Waals surface area contributed by atoms with Crippen molar-refractivity contribution >= 4 is 23.4 Å². The van der Waals surface area contributed by atoms with Gasteiger partial charge in [-0.05, 0) is 35.9 Å². The lowest BCUT2D eigenvalue weighted by Gasteiger charge is -2.09. The molecule has 0 aliphatic carbocycles. The number of aliphatic hydroxyl groups excluding tert-OH is 1. The van der Waals surface area contributed by atoms with Gasteiger partial charge >= 0.3 is 24.3 Å². The van der Waals surface area contributed by atoms with Gasteiger partial charge in [-0.3, -0.25) is 4.98 Å². The molecule has 0 spiro atoms. The summed E-state index contributed by atoms with van der Waals surface area (Å²) < 4.78 is 63.5. The number of aromatic nitrogens is 4. The summed E-state index contributed by atoms with van der Waals surface area (Å²) in [6, 6.07) is 13.0. The van der Waals surface area contributed by atoms with Crippen LogP contribution in [0.3, 0.4) is 0 Å². The zero-order valence-electron chi connectivity index (χ0n) is 21.5. The number of nitrogens with zero attached hydrogens (tertiary/aromatic N) is 5. The molecule has 5 N–H and O–H groups in total. The number of carboxylic acid groups (broad SMARTS) is 2. The van der Waals surface area contributed by atoms with Crippen molar-refractivity contribution < 1.29 is 51.3 Å². The zero-order valence-corrected chi connectivity index (χ0v) is 21.5. The number of aliphatic hydroxyl groups is 1. The molecule has 0 bridgehead atoms. The SMILES string of the molecule is N#Cc1cc(CO)cc(C#N)c1-c1nc2c([nH]1)-c1ccncc1Nc1ncccc1-2.O=C(O)C(F)(F)F.O=C(O)C(F)(F)F. The van der Waals surface area contributed by atoms with Crippen LogP contribution in [0.1, 0.15) is 16.7 Å². The van der Waals surface area contributed by atoms with Gasteiger partial charge in [-0.1, -0.05) is 0 Å². The first-order chi connectivity index (χ1) is 20.6. The number of hydrogen-bond donors (Lipinski definition) is 5. The van der Waals surface area contributed by atoms with Gasteiger partial charge in [-0.25, -0.2) is 19.6 Å². The van der Waals surface area contributed by atoms with Gasteiger partial charge < -0.3 is 25.6 Å². The highest BCUT2D eigenvalue weighted by molar-refractivity contribution is 5.95. The van der Waals surface area contributed by atoms with Crippen molar-refractivity contribution in [2.75, 3.05) is 5.32 Å². The number of imidazole rings is 1. The minimum Gasteiger partial charge on any atom is -0.475 e. The van der Waals surface area contributed by atoms with Gasteiger partial charge in [0, 0.05) is 23.5 Å². The van der Waals surface area contributed by atoms with Crippen LogP contribution in [0, 0.1) is 22.7 Å². The Kier molecular flexibility index (Phi) is 9.52. The number of fused-ring (bicyclic) bond motifs is 5. The second kappa shape index (κ2) is 12.9. The van der Waals surface area contributed by atoms with Crippen LogP contribution in [0.25, 0.3) is 33.9 Å². The second-order valence-corrected chi connectivity index (χ2v) is 8.31. The number of pyridine rings is 2. The lowest BCUT2D eigenvalue weighted by molar-refractivity contribution is -0.193. The molecule has 0 fully saturated rings. The number of aromatic amines is 1. The second-order valence-electron chi connectivity index (χ2n) is 8.31. The summed E-state index contributed by atoms with van der Waals surface area (Å²) >= 11 is 0. The number of nitriles is 2. The van der Waals surface area contributed by atoms with E-state index in [9.17, 15) is 42.0 Å². The maximum Gasteiger partial charge on any atom is 0.490 e. The average Bonchev–Trinajstić information content (AvgIpc) is 3.36. The molecule has 12 nitrogen and oxygen atoms in total. The van der Waals surface area contributed by atoms with Crippen LogP contribution in [0.2, 0.25) is 0 Å². The summed E-state index contributed by atoms with van der Waals surface area (Å²) in [5, 5.41) is 46.3. The molecule has 0 saturated carbocycles. The van der Waals surface area contributed by atoms with E-state index >= 15 is 0 Å². The third-order valence-corrected chi connectivity index (χ3v) is 5.45. The average molecular weight is 619 g/mol. The maximum atomic E-state index is 10.6. The molecule has 5 rings (SSSR count). The number of aliphatic carboxylic acids is 2. The molecular weight excluding hydrogens is 604 g/mol. The van der Waals surface area contributed by atoms with E-state index in [0.29, 0.717) is 28.5 Å². The van der Waals surface area contributed by atoms with Crippen LogP contribution in [0.15, 0.2) is 48.9 Å². The normalized spacial score (nSPS) is 11.2. The van der Waals surface area contributed by atoms with Gasteiger partial charge in [0.2, 0.25) is 0 Å². The first-order valence-electron chi connectivity index (χ1n) is 11.6. The molecule has 0 amide bonds. The number of anilines is 2. The lowest BCUT2D eigenvalue weighted by Crippen LogP contribution is -2.21. The fraction of sp³-hybridized carbons (Fsp3) is 0.115. The Hall–Kier alpha value is -6.01. The molecule has 1 aliphatic heterocycles. The Labute approximate surface area is 241 Å². The van der Waals surface area contributed by atoms with Gasteiger partial charge in [0.25, 0.3) is 0 Å². The number of rotatable bonds is 2. The van der Waals surface area contributed by atoms with Crippen molar-refractivity contribution in [2.24, 2.45) is 0 Å². The molecule has 1 aliphatic rings. The van der Waals surface area contributed by atoms with Crippen molar-refractivity contribution in [1.29, 1.82) is 10.5 Å². The number of carboxylic acids is 2. The van der Waals surface area contributed by atoms with Gasteiger partial charge in [0.05, 0.1) is 53.0 Å². The van der Waals surface area contributed by atoms with Crippen LogP contribution in [0.4, 0.5) is 37.8 Å². The Morgan fingerprint density at radius 3 is 1.98 bits per heavy atom. The van der Waals surface area contributed by atoms with Crippen molar-refractivity contribution in [1.82, 2.24) is 19.9 Å². The van der Waals surface area contributed by atoms with E-state index in [1.54, 1.807) is 30.7 Å². The summed E-state index contributed by atoms with van der Waals surface area (Å²) in [7, 11) is 0. The van der Waals surface area contributed by atoms with Gasteiger partial charge in [-0.15, -0.1) is 0 Å². The third kappa shape index (κ3) is 7.24. The van der Waals surface area contributed by atoms with E-state index < -0.39 is 24.3 Å². The van der Waals surface area contributed by atoms with Crippen molar-refractivity contribution in [3.8, 4) is 46.0 Å². The van der Waals surface area contributed by atoms with E-state index in [4.69, 9.17) is 24.8 Å². The number of H-pyrrole nitrogens is 1. The molecule has 226 valence electrons. The number of carbonyl (C=O) groups is 2. The Morgan fingerprint density at radius 1 is 0.909 bits per heavy atom. The Morgan fingerprint density at radius 2 is 1.48 bits per heavy atom. The first-order valence-corrected chi connectivity index (χ1v) is 11.6. The van der Waals surface area contributed by atoms with Crippen LogP contribution >= 0.6 is 0 Å². The zero-order chi connectivity index (χ0) is 32.8. The van der Waals surface area contributed by atoms with Crippen LogP contribution in [-0.4, -0.2) is 59.5 Å². The highest BCUT2D eigenvalue weighted by Gasteiger charge is 2.39. The fourth-order valence-corrected chi connectivity index (χ4v) is 3.64. The molecule has 1 aromatic carbocycles. The van der Waals surface area contributed by atoms with Gasteiger partial charge in [0.15, 0.2) is 0 Å². The predicted octanol–water partition coefficient (Wildman–Crippen LogP) is 4.76. The number of benzene rings is 1. The smallest absolute Gasteiger partial charge is 0.475 e. The van der Waals surface area contributed by atoms with Crippen molar-refractivity contribution in [3.05, 3.63) is 65.6 Å². The summed E-state index contributed by atoms with van der Waals surface area (Å²) in [6.45, 7) is -0.261. The van der Waals surface area contributed by atoms with E-state index in [1.165, 1.54) is 0 Å². The molecule has 44 heavy (non-hydrogen) atoms. The number of alkyl halides is 6. The van der Waals surface area contributed by atoms with Crippen molar-refractivity contribution in [2.45, 2.75) is 19.0 Å². The molecule has 4 heterocycles. The molecule has 4 aromatic rings. The van der Waals surface area contributed by atoms with E-state index in [1.807, 2.05) is 18.2 Å². The van der Waals surface area contributed by atoms with E-state index in [2.05, 4.69) is 32.4 Å². The summed E-state index contributed by atoms with van der Waals surface area (Å²) in [5.41, 5.74) is 5.22. The standard InChI is InChI=1S/C22H13N7O.2C2HF3O2/c23-8-13-6-12(11-30)7-14(9-24)18(13)22-28-19-15-3-5-25-10-17(15)27-21-16(20(19)29-22)2-1-4-26-21;2*3-2(4,5)1(6)7/h1-7,10,30H,11H2,(H,26,27)(H,28,29);2*(H,6,7). The van der Waals surface area contributed by atoms with Gasteiger partial charge in [-0.2, -0.15) is 36.9 Å². The quantitative estimate of drug-likeness (QED) is 0.170. The molecule has 0 unspecified atom stereocenters. The summed E-state index contributed by atoms with van der Waals surface area (Å²) in [5.74, 6) is -4.47. The molecule has 0 radical (unpaired) electrons. The van der Waals surface area contributed by atoms with E-state index in [-0.39, 0.29) is 17.7 Å². The van der Waals surface area contributed by atoms with Gasteiger partial charge in [0.1, 0.15) is 17.3 Å². The molecule has 0 saturated heterocycles. The topological polar surface area (TPSA) is 209 Å². The highest BCUT2D eigenvalue weighted by atomic mass is 19.4. The van der Waals surface area contributed by atoms with Crippen LogP contribution in [0.5, 0.6) is 0 Å². The van der Waals surface area contributed by atoms with Crippen LogP contribution < -0.4 is 5.32 Å². The molecule has 0 atom stereocenters.